The highest BCUT2D eigenvalue weighted by atomic mass is 35.5. The number of benzene rings is 3. The van der Waals surface area contributed by atoms with E-state index in [1.54, 1.807) is 30.3 Å². The van der Waals surface area contributed by atoms with Gasteiger partial charge in [0.25, 0.3) is 0 Å². The number of alkyl halides is 3. The molecule has 1 heterocycles. The molecule has 0 aromatic heterocycles. The monoisotopic (exact) mass is 534 g/mol. The molecule has 0 bridgehead atoms. The average Bonchev–Trinajstić information content (AvgIpc) is 2.87. The fourth-order valence-corrected chi connectivity index (χ4v) is 4.26. The molecule has 3 aromatic carbocycles. The van der Waals surface area contributed by atoms with E-state index in [4.69, 9.17) is 21.1 Å². The van der Waals surface area contributed by atoms with Gasteiger partial charge in [0, 0.05) is 10.6 Å². The van der Waals surface area contributed by atoms with Crippen molar-refractivity contribution in [3.8, 4) is 11.5 Å². The first kappa shape index (κ1) is 26.3. The first-order valence-corrected chi connectivity index (χ1v) is 11.4. The lowest BCUT2D eigenvalue weighted by molar-refractivity contribution is -0.287. The van der Waals surface area contributed by atoms with Crippen molar-refractivity contribution in [3.05, 3.63) is 94.5 Å². The Balaban J connectivity index is 1.71. The third-order valence-electron chi connectivity index (χ3n) is 6.00. The molecule has 3 N–H and O–H groups in total. The number of nitrogens with one attached hydrogen (secondary N) is 2. The lowest BCUT2D eigenvalue weighted by Gasteiger charge is -2.45. The summed E-state index contributed by atoms with van der Waals surface area (Å²) in [5.74, 6) is -2.74. The Bertz CT molecular complexity index is 1290. The van der Waals surface area contributed by atoms with Crippen molar-refractivity contribution in [1.29, 1.82) is 0 Å². The van der Waals surface area contributed by atoms with Gasteiger partial charge < -0.3 is 25.2 Å². The summed E-state index contributed by atoms with van der Waals surface area (Å²) in [4.78, 5) is 25.6. The van der Waals surface area contributed by atoms with Gasteiger partial charge in [-0.1, -0.05) is 60.1 Å². The predicted octanol–water partition coefficient (Wildman–Crippen LogP) is 5.03. The number of carbonyl (C=O) groups is 2. The minimum absolute atomic E-state index is 0.0620. The molecule has 4 rings (SSSR count). The summed E-state index contributed by atoms with van der Waals surface area (Å²) in [6.45, 7) is 0.153. The molecule has 0 saturated carbocycles. The minimum Gasteiger partial charge on any atom is -0.493 e. The van der Waals surface area contributed by atoms with Crippen LogP contribution in [-0.4, -0.2) is 35.9 Å². The molecule has 7 nitrogen and oxygen atoms in total. The summed E-state index contributed by atoms with van der Waals surface area (Å²) in [6, 6.07) is 15.5. The molecule has 37 heavy (non-hydrogen) atoms. The second-order valence-corrected chi connectivity index (χ2v) is 8.81. The van der Waals surface area contributed by atoms with E-state index in [-0.39, 0.29) is 29.2 Å². The largest absolute Gasteiger partial charge is 0.493 e. The highest BCUT2D eigenvalue weighted by Crippen LogP contribution is 2.45. The van der Waals surface area contributed by atoms with Crippen LogP contribution in [0.15, 0.2) is 72.8 Å². The Labute approximate surface area is 215 Å². The van der Waals surface area contributed by atoms with Crippen LogP contribution in [0.5, 0.6) is 11.5 Å². The van der Waals surface area contributed by atoms with Gasteiger partial charge in [-0.05, 0) is 35.4 Å². The van der Waals surface area contributed by atoms with E-state index in [2.05, 4.69) is 5.32 Å². The number of hydrogen-bond donors (Lipinski definition) is 3. The van der Waals surface area contributed by atoms with Crippen molar-refractivity contribution >= 4 is 23.4 Å². The van der Waals surface area contributed by atoms with Gasteiger partial charge >= 0.3 is 12.2 Å². The zero-order chi connectivity index (χ0) is 26.8. The standard InChI is InChI=1S/C26H22ClF3N2O5/c1-36-20-13-17(9-12-19(20)37-14-15-7-10-18(27)11-8-15)22-21(23(33)16-5-3-2-4-6-16)25(35,26(28,29)30)32-24(34)31-22/h2-13,21-22,35H,14H2,1H3,(H2,31,32,34). The maximum Gasteiger partial charge on any atom is 0.437 e. The Morgan fingerprint density at radius 1 is 1.05 bits per heavy atom. The van der Waals surface area contributed by atoms with E-state index in [9.17, 15) is 27.9 Å². The zero-order valence-electron chi connectivity index (χ0n) is 19.4. The number of rotatable bonds is 7. The normalized spacial score (nSPS) is 21.5. The van der Waals surface area contributed by atoms with E-state index in [1.807, 2.05) is 0 Å². The van der Waals surface area contributed by atoms with Crippen molar-refractivity contribution in [2.45, 2.75) is 24.6 Å². The van der Waals surface area contributed by atoms with Crippen LogP contribution >= 0.6 is 11.6 Å². The third-order valence-corrected chi connectivity index (χ3v) is 6.25. The van der Waals surface area contributed by atoms with Crippen molar-refractivity contribution in [2.75, 3.05) is 7.11 Å². The van der Waals surface area contributed by atoms with E-state index >= 15 is 0 Å². The topological polar surface area (TPSA) is 96.9 Å². The van der Waals surface area contributed by atoms with Crippen LogP contribution in [0.25, 0.3) is 0 Å². The molecule has 1 aliphatic heterocycles. The highest BCUT2D eigenvalue weighted by molar-refractivity contribution is 6.30. The summed E-state index contributed by atoms with van der Waals surface area (Å²) in [7, 11) is 1.34. The highest BCUT2D eigenvalue weighted by Gasteiger charge is 2.66. The molecule has 0 aliphatic carbocycles. The number of urea groups is 1. The molecular formula is C26H22ClF3N2O5. The van der Waals surface area contributed by atoms with Gasteiger partial charge in [0.2, 0.25) is 5.72 Å². The minimum atomic E-state index is -5.36. The predicted molar refractivity (Wildman–Crippen MR) is 128 cm³/mol. The lowest BCUT2D eigenvalue weighted by Crippen LogP contribution is -2.72. The van der Waals surface area contributed by atoms with Crippen LogP contribution in [-0.2, 0) is 6.61 Å². The Kier molecular flexibility index (Phi) is 7.33. The molecule has 194 valence electrons. The molecule has 3 atom stereocenters. The van der Waals surface area contributed by atoms with Gasteiger partial charge in [-0.25, -0.2) is 4.79 Å². The van der Waals surface area contributed by atoms with Gasteiger partial charge in [0.15, 0.2) is 17.3 Å². The van der Waals surface area contributed by atoms with Crippen LogP contribution in [0, 0.1) is 5.92 Å². The van der Waals surface area contributed by atoms with Gasteiger partial charge in [-0.2, -0.15) is 13.2 Å². The average molecular weight is 535 g/mol. The van der Waals surface area contributed by atoms with Crippen molar-refractivity contribution in [3.63, 3.8) is 0 Å². The number of Topliss-reactive ketones (excluding diaryl/α,β-unsaturated/α-hetero) is 1. The van der Waals surface area contributed by atoms with Crippen LogP contribution in [0.1, 0.15) is 27.5 Å². The maximum absolute atomic E-state index is 14.1. The summed E-state index contributed by atoms with van der Waals surface area (Å²) < 4.78 is 53.5. The number of methoxy groups -OCH3 is 1. The van der Waals surface area contributed by atoms with Gasteiger partial charge in [0.05, 0.1) is 13.2 Å². The number of carbonyl (C=O) groups excluding carboxylic acids is 2. The number of aliphatic hydroxyl groups is 1. The SMILES string of the molecule is COc1cc(C2NC(=O)NC(O)(C(F)(F)F)C2C(=O)c2ccccc2)ccc1OCc1ccc(Cl)cc1. The van der Waals surface area contributed by atoms with Gasteiger partial charge in [-0.15, -0.1) is 0 Å². The fourth-order valence-electron chi connectivity index (χ4n) is 4.14. The maximum atomic E-state index is 14.1. The van der Waals surface area contributed by atoms with Gasteiger partial charge in [0.1, 0.15) is 12.5 Å². The third kappa shape index (κ3) is 5.35. The molecule has 0 spiro atoms. The number of halogens is 4. The number of amides is 2. The van der Waals surface area contributed by atoms with Crippen molar-refractivity contribution in [1.82, 2.24) is 10.6 Å². The van der Waals surface area contributed by atoms with Crippen LogP contribution in [0.2, 0.25) is 5.02 Å². The molecule has 1 saturated heterocycles. The number of ketones is 1. The lowest BCUT2D eigenvalue weighted by atomic mass is 9.77. The summed E-state index contributed by atoms with van der Waals surface area (Å²) in [5.41, 5.74) is -2.98. The fraction of sp³-hybridized carbons (Fsp3) is 0.231. The summed E-state index contributed by atoms with van der Waals surface area (Å²) in [6.07, 6.45) is -5.36. The second kappa shape index (κ2) is 10.3. The molecule has 3 aromatic rings. The Hall–Kier alpha value is -3.76. The first-order chi connectivity index (χ1) is 17.5. The van der Waals surface area contributed by atoms with Crippen LogP contribution in [0.4, 0.5) is 18.0 Å². The molecule has 0 radical (unpaired) electrons. The Morgan fingerprint density at radius 3 is 2.35 bits per heavy atom. The number of ether oxygens (including phenoxy) is 2. The first-order valence-electron chi connectivity index (χ1n) is 11.1. The molecular weight excluding hydrogens is 513 g/mol. The summed E-state index contributed by atoms with van der Waals surface area (Å²) >= 11 is 5.89. The molecule has 3 unspecified atom stereocenters. The van der Waals surface area contributed by atoms with E-state index < -0.39 is 35.7 Å². The summed E-state index contributed by atoms with van der Waals surface area (Å²) in [5, 5.41) is 15.2. The van der Waals surface area contributed by atoms with E-state index in [0.29, 0.717) is 5.02 Å². The van der Waals surface area contributed by atoms with E-state index in [1.165, 1.54) is 54.9 Å². The van der Waals surface area contributed by atoms with Crippen molar-refractivity contribution in [2.24, 2.45) is 5.92 Å². The molecule has 2 amide bonds. The Morgan fingerprint density at radius 2 is 1.73 bits per heavy atom. The smallest absolute Gasteiger partial charge is 0.437 e. The van der Waals surface area contributed by atoms with Crippen LogP contribution < -0.4 is 20.1 Å². The van der Waals surface area contributed by atoms with E-state index in [0.717, 1.165) is 5.56 Å². The molecule has 1 aliphatic rings. The quantitative estimate of drug-likeness (QED) is 0.369. The number of hydrogen-bond acceptors (Lipinski definition) is 5. The molecule has 1 fully saturated rings. The second-order valence-electron chi connectivity index (χ2n) is 8.37. The van der Waals surface area contributed by atoms with Crippen LogP contribution in [0.3, 0.4) is 0 Å². The molecule has 11 heteroatoms. The zero-order valence-corrected chi connectivity index (χ0v) is 20.1. The van der Waals surface area contributed by atoms with Gasteiger partial charge in [-0.3, -0.25) is 4.79 Å². The van der Waals surface area contributed by atoms with Crippen molar-refractivity contribution < 1.29 is 37.3 Å².